The average molecular weight is 366 g/mol. The molecular formula is C14H10Br2N2. The minimum absolute atomic E-state index is 0.896. The summed E-state index contributed by atoms with van der Waals surface area (Å²) < 4.78 is 2.12. The molecule has 3 rings (SSSR count). The molecule has 0 saturated carbocycles. The Morgan fingerprint density at radius 3 is 2.67 bits per heavy atom. The van der Waals surface area contributed by atoms with Gasteiger partial charge in [-0.3, -0.25) is 0 Å². The first-order valence-electron chi connectivity index (χ1n) is 5.55. The molecule has 2 nitrogen and oxygen atoms in total. The fraction of sp³-hybridized carbons (Fsp3) is 0.0714. The molecule has 1 heterocycles. The van der Waals surface area contributed by atoms with Gasteiger partial charge in [0.05, 0.1) is 11.0 Å². The lowest BCUT2D eigenvalue weighted by atomic mass is 10.2. The van der Waals surface area contributed by atoms with Crippen molar-refractivity contribution in [2.75, 3.05) is 0 Å². The van der Waals surface area contributed by atoms with E-state index in [4.69, 9.17) is 0 Å². The fourth-order valence-corrected chi connectivity index (χ4v) is 2.99. The van der Waals surface area contributed by atoms with Crippen molar-refractivity contribution in [1.29, 1.82) is 0 Å². The van der Waals surface area contributed by atoms with Crippen LogP contribution in [0.25, 0.3) is 22.4 Å². The smallest absolute Gasteiger partial charge is 0.138 e. The number of hydrogen-bond acceptors (Lipinski definition) is 1. The zero-order valence-corrected chi connectivity index (χ0v) is 12.8. The van der Waals surface area contributed by atoms with Crippen LogP contribution in [0.1, 0.15) is 5.56 Å². The molecule has 0 spiro atoms. The van der Waals surface area contributed by atoms with E-state index >= 15 is 0 Å². The third-order valence-corrected chi connectivity index (χ3v) is 3.79. The zero-order chi connectivity index (χ0) is 12.7. The van der Waals surface area contributed by atoms with Crippen LogP contribution in [0.3, 0.4) is 0 Å². The number of hydrogen-bond donors (Lipinski definition) is 1. The number of halogens is 2. The van der Waals surface area contributed by atoms with Crippen molar-refractivity contribution in [2.24, 2.45) is 0 Å². The molecule has 90 valence electrons. The monoisotopic (exact) mass is 364 g/mol. The lowest BCUT2D eigenvalue weighted by Crippen LogP contribution is -1.79. The molecule has 0 radical (unpaired) electrons. The van der Waals surface area contributed by atoms with E-state index in [1.165, 1.54) is 0 Å². The second-order valence-electron chi connectivity index (χ2n) is 4.21. The van der Waals surface area contributed by atoms with E-state index < -0.39 is 0 Å². The van der Waals surface area contributed by atoms with E-state index in [0.29, 0.717) is 0 Å². The number of aryl methyl sites for hydroxylation is 1. The van der Waals surface area contributed by atoms with E-state index in [2.05, 4.69) is 67.0 Å². The van der Waals surface area contributed by atoms with Gasteiger partial charge in [0, 0.05) is 14.5 Å². The maximum absolute atomic E-state index is 4.67. The number of benzene rings is 2. The Balaban J connectivity index is 2.22. The summed E-state index contributed by atoms with van der Waals surface area (Å²) in [6.45, 7) is 2.07. The lowest BCUT2D eigenvalue weighted by Gasteiger charge is -1.96. The molecule has 0 unspecified atom stereocenters. The van der Waals surface area contributed by atoms with Crippen molar-refractivity contribution in [1.82, 2.24) is 9.97 Å². The first-order valence-corrected chi connectivity index (χ1v) is 7.14. The Morgan fingerprint density at radius 2 is 1.89 bits per heavy atom. The Kier molecular flexibility index (Phi) is 2.99. The van der Waals surface area contributed by atoms with Crippen LogP contribution in [0.4, 0.5) is 0 Å². The Morgan fingerprint density at radius 1 is 1.06 bits per heavy atom. The summed E-state index contributed by atoms with van der Waals surface area (Å²) >= 11 is 6.99. The molecule has 0 amide bonds. The summed E-state index contributed by atoms with van der Waals surface area (Å²) in [5, 5.41) is 0. The van der Waals surface area contributed by atoms with Gasteiger partial charge in [0.25, 0.3) is 0 Å². The molecule has 0 aliphatic carbocycles. The minimum Gasteiger partial charge on any atom is -0.338 e. The van der Waals surface area contributed by atoms with Gasteiger partial charge in [0.1, 0.15) is 5.82 Å². The third-order valence-electron chi connectivity index (χ3n) is 2.84. The fourth-order valence-electron chi connectivity index (χ4n) is 2.02. The highest BCUT2D eigenvalue weighted by molar-refractivity contribution is 9.10. The van der Waals surface area contributed by atoms with Gasteiger partial charge in [-0.25, -0.2) is 4.98 Å². The van der Waals surface area contributed by atoms with Crippen LogP contribution < -0.4 is 0 Å². The van der Waals surface area contributed by atoms with Crippen molar-refractivity contribution in [3.05, 3.63) is 50.9 Å². The Bertz CT molecular complexity index is 732. The highest BCUT2D eigenvalue weighted by Gasteiger charge is 2.08. The summed E-state index contributed by atoms with van der Waals surface area (Å²) in [4.78, 5) is 8.03. The van der Waals surface area contributed by atoms with Crippen LogP contribution in [-0.2, 0) is 0 Å². The van der Waals surface area contributed by atoms with Crippen LogP contribution >= 0.6 is 31.9 Å². The van der Waals surface area contributed by atoms with Crippen molar-refractivity contribution in [3.63, 3.8) is 0 Å². The first-order chi connectivity index (χ1) is 8.63. The van der Waals surface area contributed by atoms with Crippen LogP contribution in [0.2, 0.25) is 0 Å². The molecule has 0 aliphatic rings. The van der Waals surface area contributed by atoms with E-state index in [1.807, 2.05) is 18.2 Å². The normalized spacial score (nSPS) is 11.1. The van der Waals surface area contributed by atoms with Crippen LogP contribution in [-0.4, -0.2) is 9.97 Å². The summed E-state index contributed by atoms with van der Waals surface area (Å²) in [5.74, 6) is 0.896. The second-order valence-corrected chi connectivity index (χ2v) is 6.05. The standard InChI is InChI=1S/C14H10Br2N2/c1-8-5-11(16)7-12-13(8)18-14(17-12)9-3-2-4-10(15)6-9/h2-7H,1H3,(H,17,18). The molecule has 18 heavy (non-hydrogen) atoms. The van der Waals surface area contributed by atoms with Crippen molar-refractivity contribution in [3.8, 4) is 11.4 Å². The van der Waals surface area contributed by atoms with Gasteiger partial charge >= 0.3 is 0 Å². The van der Waals surface area contributed by atoms with Crippen LogP contribution in [0.15, 0.2) is 45.3 Å². The lowest BCUT2D eigenvalue weighted by molar-refractivity contribution is 1.33. The van der Waals surface area contributed by atoms with Gasteiger partial charge < -0.3 is 4.98 Å². The number of H-pyrrole nitrogens is 1. The van der Waals surface area contributed by atoms with Crippen LogP contribution in [0, 0.1) is 6.92 Å². The summed E-state index contributed by atoms with van der Waals surface area (Å²) in [6, 6.07) is 12.3. The van der Waals surface area contributed by atoms with Gasteiger partial charge in [-0.1, -0.05) is 44.0 Å². The van der Waals surface area contributed by atoms with Crippen molar-refractivity contribution >= 4 is 42.9 Å². The largest absolute Gasteiger partial charge is 0.338 e. The van der Waals surface area contributed by atoms with E-state index in [0.717, 1.165) is 36.9 Å². The number of nitrogens with one attached hydrogen (secondary N) is 1. The SMILES string of the molecule is Cc1cc(Br)cc2[nH]c(-c3cccc(Br)c3)nc12. The topological polar surface area (TPSA) is 28.7 Å². The predicted molar refractivity (Wildman–Crippen MR) is 81.7 cm³/mol. The van der Waals surface area contributed by atoms with Gasteiger partial charge in [-0.15, -0.1) is 0 Å². The van der Waals surface area contributed by atoms with Crippen molar-refractivity contribution < 1.29 is 0 Å². The number of nitrogens with zero attached hydrogens (tertiary/aromatic N) is 1. The predicted octanol–water partition coefficient (Wildman–Crippen LogP) is 5.06. The molecule has 1 N–H and O–H groups in total. The van der Waals surface area contributed by atoms with E-state index in [1.54, 1.807) is 0 Å². The number of aromatic amines is 1. The molecular weight excluding hydrogens is 356 g/mol. The number of fused-ring (bicyclic) bond motifs is 1. The molecule has 0 aliphatic heterocycles. The first kappa shape index (κ1) is 11.9. The maximum Gasteiger partial charge on any atom is 0.138 e. The molecule has 0 fully saturated rings. The van der Waals surface area contributed by atoms with Gasteiger partial charge in [0.2, 0.25) is 0 Å². The summed E-state index contributed by atoms with van der Waals surface area (Å²) in [7, 11) is 0. The Labute approximate surface area is 122 Å². The van der Waals surface area contributed by atoms with Gasteiger partial charge in [-0.05, 0) is 36.8 Å². The molecule has 0 saturated heterocycles. The van der Waals surface area contributed by atoms with E-state index in [-0.39, 0.29) is 0 Å². The molecule has 4 heteroatoms. The van der Waals surface area contributed by atoms with E-state index in [9.17, 15) is 0 Å². The zero-order valence-electron chi connectivity index (χ0n) is 9.67. The second kappa shape index (κ2) is 4.52. The number of imidazole rings is 1. The number of aromatic nitrogens is 2. The van der Waals surface area contributed by atoms with Gasteiger partial charge in [0.15, 0.2) is 0 Å². The quantitative estimate of drug-likeness (QED) is 0.641. The van der Waals surface area contributed by atoms with Crippen LogP contribution in [0.5, 0.6) is 0 Å². The van der Waals surface area contributed by atoms with Crippen molar-refractivity contribution in [2.45, 2.75) is 6.92 Å². The molecule has 3 aromatic rings. The summed E-state index contributed by atoms with van der Waals surface area (Å²) in [5.41, 5.74) is 4.32. The molecule has 2 aromatic carbocycles. The average Bonchev–Trinajstić information content (AvgIpc) is 2.73. The summed E-state index contributed by atoms with van der Waals surface area (Å²) in [6.07, 6.45) is 0. The minimum atomic E-state index is 0.896. The number of rotatable bonds is 1. The Hall–Kier alpha value is -1.13. The third kappa shape index (κ3) is 2.10. The highest BCUT2D eigenvalue weighted by Crippen LogP contribution is 2.27. The molecule has 1 aromatic heterocycles. The maximum atomic E-state index is 4.67. The molecule has 0 atom stereocenters. The van der Waals surface area contributed by atoms with Gasteiger partial charge in [-0.2, -0.15) is 0 Å². The highest BCUT2D eigenvalue weighted by atomic mass is 79.9. The molecule has 0 bridgehead atoms.